The zero-order chi connectivity index (χ0) is 8.27. The van der Waals surface area contributed by atoms with Gasteiger partial charge in [0.05, 0.1) is 12.2 Å². The summed E-state index contributed by atoms with van der Waals surface area (Å²) in [6.07, 6.45) is 4.51. The summed E-state index contributed by atoms with van der Waals surface area (Å²) in [6.45, 7) is 4.08. The van der Waals surface area contributed by atoms with Gasteiger partial charge in [0.1, 0.15) is 6.10 Å². The fourth-order valence-corrected chi connectivity index (χ4v) is 1.17. The molecule has 3 radical (unpaired) electrons. The lowest BCUT2D eigenvalue weighted by Gasteiger charge is -2.30. The molecule has 2 atom stereocenters. The van der Waals surface area contributed by atoms with Crippen molar-refractivity contribution in [2.45, 2.75) is 32.5 Å². The van der Waals surface area contributed by atoms with E-state index in [1.807, 2.05) is 13.3 Å². The zero-order valence-corrected chi connectivity index (χ0v) is 6.87. The van der Waals surface area contributed by atoms with Crippen LogP contribution in [0.2, 0.25) is 0 Å². The van der Waals surface area contributed by atoms with Gasteiger partial charge in [-0.1, -0.05) is 13.8 Å². The molecule has 0 aromatic rings. The van der Waals surface area contributed by atoms with E-state index in [0.29, 0.717) is 0 Å². The summed E-state index contributed by atoms with van der Waals surface area (Å²) in [5.74, 6) is 1.21. The molecule has 1 aliphatic rings. The van der Waals surface area contributed by atoms with Crippen LogP contribution in [-0.4, -0.2) is 12.2 Å². The largest absolute Gasteiger partial charge is 0.359 e. The van der Waals surface area contributed by atoms with Crippen LogP contribution < -0.4 is 0 Å². The van der Waals surface area contributed by atoms with Gasteiger partial charge in [-0.3, -0.25) is 0 Å². The molecule has 1 rings (SSSR count). The van der Waals surface area contributed by atoms with E-state index in [2.05, 4.69) is 13.0 Å². The van der Waals surface area contributed by atoms with E-state index in [4.69, 9.17) is 10.00 Å². The molecule has 0 saturated carbocycles. The Morgan fingerprint density at radius 3 is 3.00 bits per heavy atom. The molecule has 1 heterocycles. The van der Waals surface area contributed by atoms with Crippen molar-refractivity contribution in [2.24, 2.45) is 0 Å². The van der Waals surface area contributed by atoms with Gasteiger partial charge in [0.25, 0.3) is 0 Å². The summed E-state index contributed by atoms with van der Waals surface area (Å²) >= 11 is 0. The highest BCUT2D eigenvalue weighted by molar-refractivity contribution is 5.21. The molecule has 0 aliphatic carbocycles. The minimum atomic E-state index is -0.344. The van der Waals surface area contributed by atoms with Gasteiger partial charge in [-0.25, -0.2) is 0 Å². The van der Waals surface area contributed by atoms with Gasteiger partial charge in [-0.05, 0) is 12.8 Å². The Morgan fingerprint density at radius 1 is 1.73 bits per heavy atom. The lowest BCUT2D eigenvalue weighted by molar-refractivity contribution is 0.0300. The molecule has 0 unspecified atom stereocenters. The highest BCUT2D eigenvalue weighted by atomic mass is 16.5. The second kappa shape index (κ2) is 3.73. The number of hydrogen-bond donors (Lipinski definition) is 0. The van der Waals surface area contributed by atoms with Gasteiger partial charge in [-0.2, -0.15) is 5.26 Å². The summed E-state index contributed by atoms with van der Waals surface area (Å²) < 4.78 is 5.41. The molecule has 1 saturated heterocycles. The van der Waals surface area contributed by atoms with E-state index in [0.717, 1.165) is 6.42 Å². The number of rotatable bonds is 1. The van der Waals surface area contributed by atoms with Crippen molar-refractivity contribution in [1.29, 1.82) is 5.26 Å². The molecule has 0 aromatic carbocycles. The minimum Gasteiger partial charge on any atom is -0.359 e. The third-order valence-electron chi connectivity index (χ3n) is 1.85. The first-order valence-corrected chi connectivity index (χ1v) is 3.84. The fourth-order valence-electron chi connectivity index (χ4n) is 1.17. The summed E-state index contributed by atoms with van der Waals surface area (Å²) in [7, 11) is 0. The predicted octanol–water partition coefficient (Wildman–Crippen LogP) is 1.69. The molecule has 1 fully saturated rings. The van der Waals surface area contributed by atoms with Gasteiger partial charge in [0.2, 0.25) is 0 Å². The smallest absolute Gasteiger partial charge is 0.147 e. The van der Waals surface area contributed by atoms with E-state index < -0.39 is 0 Å². The topological polar surface area (TPSA) is 33.0 Å². The zero-order valence-electron chi connectivity index (χ0n) is 6.87. The Hall–Kier alpha value is -0.550. The molecule has 0 aromatic heterocycles. The number of ether oxygens (including phenoxy) is 1. The Kier molecular flexibility index (Phi) is 2.90. The molecular formula is C9H12NO. The van der Waals surface area contributed by atoms with E-state index in [-0.39, 0.29) is 12.2 Å². The first kappa shape index (κ1) is 8.55. The molecule has 0 spiro atoms. The van der Waals surface area contributed by atoms with Gasteiger partial charge in [0.15, 0.2) is 0 Å². The van der Waals surface area contributed by atoms with Crippen LogP contribution in [0.15, 0.2) is 0 Å². The molecule has 0 N–H and O–H groups in total. The number of hydrogen-bond acceptors (Lipinski definition) is 2. The first-order chi connectivity index (χ1) is 5.27. The Morgan fingerprint density at radius 2 is 2.45 bits per heavy atom. The molecule has 2 heteroatoms. The standard InChI is InChI=1S/C9H12NO/c1-3-9-7(2)4-5-8(6-10)11-9/h4-5,8-9H,3H2,1-2H3/t8-,9-/m1/s1. The van der Waals surface area contributed by atoms with Gasteiger partial charge in [-0.15, -0.1) is 0 Å². The predicted molar refractivity (Wildman–Crippen MR) is 42.1 cm³/mol. The highest BCUT2D eigenvalue weighted by Crippen LogP contribution is 2.26. The quantitative estimate of drug-likeness (QED) is 0.570. The molecule has 59 valence electrons. The van der Waals surface area contributed by atoms with Crippen LogP contribution in [0.25, 0.3) is 0 Å². The summed E-state index contributed by atoms with van der Waals surface area (Å²) in [5.41, 5.74) is 0. The Bertz CT molecular complexity index is 161. The molecule has 2 nitrogen and oxygen atoms in total. The Balaban J connectivity index is 2.45. The highest BCUT2D eigenvalue weighted by Gasteiger charge is 2.27. The summed E-state index contributed by atoms with van der Waals surface area (Å²) in [4.78, 5) is 0. The summed E-state index contributed by atoms with van der Waals surface area (Å²) in [5, 5.41) is 8.56. The van der Waals surface area contributed by atoms with Crippen LogP contribution in [0.1, 0.15) is 20.3 Å². The molecule has 11 heavy (non-hydrogen) atoms. The average Bonchev–Trinajstić information content (AvgIpc) is 2.05. The van der Waals surface area contributed by atoms with Gasteiger partial charge >= 0.3 is 0 Å². The van der Waals surface area contributed by atoms with Crippen molar-refractivity contribution in [2.75, 3.05) is 0 Å². The number of nitriles is 1. The van der Waals surface area contributed by atoms with E-state index >= 15 is 0 Å². The van der Waals surface area contributed by atoms with Crippen molar-refractivity contribution < 1.29 is 4.74 Å². The second-order valence-electron chi connectivity index (χ2n) is 2.69. The van der Waals surface area contributed by atoms with E-state index in [9.17, 15) is 0 Å². The van der Waals surface area contributed by atoms with Crippen molar-refractivity contribution in [3.05, 3.63) is 18.8 Å². The van der Waals surface area contributed by atoms with Crippen LogP contribution in [0, 0.1) is 30.1 Å². The maximum Gasteiger partial charge on any atom is 0.147 e. The minimum absolute atomic E-state index is 0.143. The third-order valence-corrected chi connectivity index (χ3v) is 1.85. The molecule has 0 amide bonds. The van der Waals surface area contributed by atoms with Crippen LogP contribution in [0.5, 0.6) is 0 Å². The van der Waals surface area contributed by atoms with Gasteiger partial charge < -0.3 is 4.74 Å². The summed E-state index contributed by atoms with van der Waals surface area (Å²) in [6, 6.07) is 2.07. The second-order valence-corrected chi connectivity index (χ2v) is 2.69. The van der Waals surface area contributed by atoms with Crippen LogP contribution in [0.3, 0.4) is 0 Å². The molecule has 1 aliphatic heterocycles. The number of nitrogens with zero attached hydrogens (tertiary/aromatic N) is 1. The average molecular weight is 150 g/mol. The van der Waals surface area contributed by atoms with Crippen molar-refractivity contribution >= 4 is 0 Å². The Labute approximate surface area is 68.2 Å². The fraction of sp³-hybridized carbons (Fsp3) is 0.556. The van der Waals surface area contributed by atoms with Crippen molar-refractivity contribution in [1.82, 2.24) is 0 Å². The molecular weight excluding hydrogens is 138 g/mol. The maximum atomic E-state index is 8.56. The van der Waals surface area contributed by atoms with Crippen LogP contribution in [-0.2, 0) is 4.74 Å². The monoisotopic (exact) mass is 150 g/mol. The lowest BCUT2D eigenvalue weighted by Crippen LogP contribution is -2.32. The van der Waals surface area contributed by atoms with Gasteiger partial charge in [0, 0.05) is 12.3 Å². The molecule has 0 bridgehead atoms. The maximum absolute atomic E-state index is 8.56. The first-order valence-electron chi connectivity index (χ1n) is 3.84. The SMILES string of the molecule is CC[C@H]1O[C@@H](C#N)[CH][CH][C]1C. The third kappa shape index (κ3) is 1.94. The van der Waals surface area contributed by atoms with Crippen LogP contribution in [0.4, 0.5) is 0 Å². The van der Waals surface area contributed by atoms with Crippen molar-refractivity contribution in [3.8, 4) is 6.07 Å². The van der Waals surface area contributed by atoms with E-state index in [1.165, 1.54) is 5.92 Å². The van der Waals surface area contributed by atoms with Crippen molar-refractivity contribution in [3.63, 3.8) is 0 Å². The lowest BCUT2D eigenvalue weighted by atomic mass is 9.92. The van der Waals surface area contributed by atoms with E-state index in [1.54, 1.807) is 6.42 Å². The van der Waals surface area contributed by atoms with Crippen LogP contribution >= 0.6 is 0 Å². The normalized spacial score (nSPS) is 33.2.